The number of carbonyl (C=O) groups is 1. The van der Waals surface area contributed by atoms with Crippen molar-refractivity contribution in [2.45, 2.75) is 25.7 Å². The molecule has 6 heteroatoms. The maximum Gasteiger partial charge on any atom is 0.248 e. The van der Waals surface area contributed by atoms with Gasteiger partial charge in [0.15, 0.2) is 0 Å². The Morgan fingerprint density at radius 2 is 2.07 bits per heavy atom. The molecule has 0 aliphatic carbocycles. The molecule has 3 heterocycles. The summed E-state index contributed by atoms with van der Waals surface area (Å²) in [5, 5.41) is 7.53. The average molecular weight is 361 g/mol. The van der Waals surface area contributed by atoms with Crippen molar-refractivity contribution in [3.63, 3.8) is 0 Å². The Balaban J connectivity index is 1.59. The smallest absolute Gasteiger partial charge is 0.248 e. The van der Waals surface area contributed by atoms with Gasteiger partial charge in [-0.3, -0.25) is 9.89 Å². The van der Waals surface area contributed by atoms with E-state index in [2.05, 4.69) is 51.3 Å². The quantitative estimate of drug-likeness (QED) is 0.746. The fourth-order valence-electron chi connectivity index (χ4n) is 3.74. The van der Waals surface area contributed by atoms with Crippen molar-refractivity contribution in [1.29, 1.82) is 0 Å². The third-order valence-corrected chi connectivity index (χ3v) is 5.22. The number of hydrogen-bond donors (Lipinski definition) is 2. The number of nitrogens with two attached hydrogens (primary N) is 1. The Labute approximate surface area is 158 Å². The predicted octanol–water partition coefficient (Wildman–Crippen LogP) is 3.26. The molecule has 0 bridgehead atoms. The van der Waals surface area contributed by atoms with E-state index in [1.807, 2.05) is 6.20 Å². The van der Waals surface area contributed by atoms with Gasteiger partial charge in [0.05, 0.1) is 6.20 Å². The highest BCUT2D eigenvalue weighted by molar-refractivity contribution is 5.93. The van der Waals surface area contributed by atoms with Crippen LogP contribution in [0.1, 0.15) is 40.4 Å². The Bertz CT molecular complexity index is 947. The van der Waals surface area contributed by atoms with E-state index >= 15 is 0 Å². The first kappa shape index (κ1) is 17.3. The molecule has 0 spiro atoms. The maximum absolute atomic E-state index is 11.5. The summed E-state index contributed by atoms with van der Waals surface area (Å²) >= 11 is 0. The lowest BCUT2D eigenvalue weighted by Crippen LogP contribution is -2.35. The molecule has 3 N–H and O–H groups in total. The molecule has 6 nitrogen and oxygen atoms in total. The molecular formula is C21H23N5O. The Hall–Kier alpha value is -3.15. The molecule has 2 aromatic heterocycles. The number of aromatic nitrogens is 3. The first-order valence-electron chi connectivity index (χ1n) is 9.23. The molecule has 1 aliphatic heterocycles. The first-order chi connectivity index (χ1) is 13.1. The van der Waals surface area contributed by atoms with Crippen molar-refractivity contribution in [2.75, 3.05) is 18.0 Å². The highest BCUT2D eigenvalue weighted by Crippen LogP contribution is 2.34. The second-order valence-corrected chi connectivity index (χ2v) is 7.12. The number of pyridine rings is 1. The molecule has 1 saturated heterocycles. The van der Waals surface area contributed by atoms with Crippen LogP contribution in [0.25, 0.3) is 11.1 Å². The van der Waals surface area contributed by atoms with E-state index < -0.39 is 5.91 Å². The minimum atomic E-state index is -0.428. The topological polar surface area (TPSA) is 87.9 Å². The van der Waals surface area contributed by atoms with E-state index in [1.54, 1.807) is 18.3 Å². The van der Waals surface area contributed by atoms with Crippen molar-refractivity contribution in [3.8, 4) is 11.1 Å². The first-order valence-corrected chi connectivity index (χ1v) is 9.23. The summed E-state index contributed by atoms with van der Waals surface area (Å²) < 4.78 is 0. The van der Waals surface area contributed by atoms with Crippen LogP contribution in [0, 0.1) is 6.92 Å². The Morgan fingerprint density at radius 1 is 1.26 bits per heavy atom. The van der Waals surface area contributed by atoms with Crippen LogP contribution in [0.15, 0.2) is 48.8 Å². The van der Waals surface area contributed by atoms with Crippen LogP contribution < -0.4 is 10.6 Å². The lowest BCUT2D eigenvalue weighted by molar-refractivity contribution is 0.1000. The molecule has 138 valence electrons. The van der Waals surface area contributed by atoms with E-state index in [1.165, 1.54) is 11.1 Å². The van der Waals surface area contributed by atoms with Crippen LogP contribution in [0.3, 0.4) is 0 Å². The number of benzene rings is 1. The molecule has 0 unspecified atom stereocenters. The number of amides is 1. The van der Waals surface area contributed by atoms with E-state index in [0.29, 0.717) is 11.5 Å². The number of carbonyl (C=O) groups excluding carboxylic acids is 1. The minimum absolute atomic E-state index is 0.330. The number of H-pyrrole nitrogens is 1. The number of piperidine rings is 1. The van der Waals surface area contributed by atoms with Crippen LogP contribution in [-0.2, 0) is 0 Å². The van der Waals surface area contributed by atoms with Crippen molar-refractivity contribution in [1.82, 2.24) is 15.2 Å². The zero-order valence-electron chi connectivity index (χ0n) is 15.4. The van der Waals surface area contributed by atoms with E-state index in [4.69, 9.17) is 5.73 Å². The van der Waals surface area contributed by atoms with Crippen molar-refractivity contribution >= 4 is 11.7 Å². The highest BCUT2D eigenvalue weighted by Gasteiger charge is 2.26. The fraction of sp³-hybridized carbons (Fsp3) is 0.286. The van der Waals surface area contributed by atoms with Crippen LogP contribution in [0.5, 0.6) is 0 Å². The van der Waals surface area contributed by atoms with E-state index in [0.717, 1.165) is 43.0 Å². The number of anilines is 1. The Kier molecular flexibility index (Phi) is 4.62. The molecule has 1 aromatic carbocycles. The molecular weight excluding hydrogens is 338 g/mol. The van der Waals surface area contributed by atoms with Crippen molar-refractivity contribution < 1.29 is 4.79 Å². The van der Waals surface area contributed by atoms with Gasteiger partial charge >= 0.3 is 0 Å². The Morgan fingerprint density at radius 3 is 2.85 bits per heavy atom. The molecule has 0 radical (unpaired) electrons. The van der Waals surface area contributed by atoms with Crippen LogP contribution in [-0.4, -0.2) is 34.2 Å². The zero-order chi connectivity index (χ0) is 18.8. The van der Waals surface area contributed by atoms with Gasteiger partial charge < -0.3 is 10.6 Å². The number of primary amides is 1. The summed E-state index contributed by atoms with van der Waals surface area (Å²) in [6.07, 6.45) is 5.70. The molecule has 27 heavy (non-hydrogen) atoms. The summed E-state index contributed by atoms with van der Waals surface area (Å²) in [5.41, 5.74) is 10.6. The second-order valence-electron chi connectivity index (χ2n) is 7.12. The number of hydrogen-bond acceptors (Lipinski definition) is 4. The van der Waals surface area contributed by atoms with Gasteiger partial charge in [-0.25, -0.2) is 4.98 Å². The van der Waals surface area contributed by atoms with Gasteiger partial charge in [-0.1, -0.05) is 29.8 Å². The highest BCUT2D eigenvalue weighted by atomic mass is 16.1. The SMILES string of the molecule is Cc1ccc(-c2cn[nH]c2[C@H]2CCCN(c3cc(C(N)=O)ccn3)C2)cc1. The zero-order valence-corrected chi connectivity index (χ0v) is 15.4. The average Bonchev–Trinajstić information content (AvgIpc) is 3.18. The summed E-state index contributed by atoms with van der Waals surface area (Å²) in [6, 6.07) is 12.0. The number of nitrogens with zero attached hydrogens (tertiary/aromatic N) is 3. The van der Waals surface area contributed by atoms with Crippen LogP contribution in [0.4, 0.5) is 5.82 Å². The summed E-state index contributed by atoms with van der Waals surface area (Å²) in [4.78, 5) is 18.1. The second kappa shape index (κ2) is 7.23. The molecule has 1 atom stereocenters. The van der Waals surface area contributed by atoms with Gasteiger partial charge in [0.25, 0.3) is 0 Å². The fourth-order valence-corrected chi connectivity index (χ4v) is 3.74. The van der Waals surface area contributed by atoms with Gasteiger partial charge in [0.1, 0.15) is 5.82 Å². The molecule has 4 rings (SSSR count). The predicted molar refractivity (Wildman–Crippen MR) is 106 cm³/mol. The number of aryl methyl sites for hydroxylation is 1. The van der Waals surface area contributed by atoms with Gasteiger partial charge in [-0.15, -0.1) is 0 Å². The van der Waals surface area contributed by atoms with Crippen molar-refractivity contribution in [3.05, 3.63) is 65.6 Å². The van der Waals surface area contributed by atoms with Crippen LogP contribution in [0.2, 0.25) is 0 Å². The molecule has 1 aliphatic rings. The third kappa shape index (κ3) is 3.56. The van der Waals surface area contributed by atoms with Crippen LogP contribution >= 0.6 is 0 Å². The van der Waals surface area contributed by atoms with Crippen molar-refractivity contribution in [2.24, 2.45) is 5.73 Å². The molecule has 0 saturated carbocycles. The minimum Gasteiger partial charge on any atom is -0.366 e. The molecule has 3 aromatic rings. The summed E-state index contributed by atoms with van der Waals surface area (Å²) in [5.74, 6) is 0.700. The lowest BCUT2D eigenvalue weighted by atomic mass is 9.90. The molecule has 1 fully saturated rings. The third-order valence-electron chi connectivity index (χ3n) is 5.22. The standard InChI is InChI=1S/C21H23N5O/c1-14-4-6-15(7-5-14)18-12-24-25-20(18)17-3-2-10-26(13-17)19-11-16(21(22)27)8-9-23-19/h4-9,11-12,17H,2-3,10,13H2,1H3,(H2,22,27)(H,24,25)/t17-/m0/s1. The number of rotatable bonds is 4. The number of aromatic amines is 1. The normalized spacial score (nSPS) is 17.1. The van der Waals surface area contributed by atoms with Gasteiger partial charge in [0, 0.05) is 42.0 Å². The maximum atomic E-state index is 11.5. The van der Waals surface area contributed by atoms with E-state index in [9.17, 15) is 4.79 Å². The monoisotopic (exact) mass is 361 g/mol. The number of nitrogens with one attached hydrogen (secondary N) is 1. The summed E-state index contributed by atoms with van der Waals surface area (Å²) in [7, 11) is 0. The van der Waals surface area contributed by atoms with E-state index in [-0.39, 0.29) is 0 Å². The van der Waals surface area contributed by atoms with Gasteiger partial charge in [-0.2, -0.15) is 5.10 Å². The van der Waals surface area contributed by atoms with Gasteiger partial charge in [-0.05, 0) is 37.5 Å². The summed E-state index contributed by atoms with van der Waals surface area (Å²) in [6.45, 7) is 3.84. The lowest BCUT2D eigenvalue weighted by Gasteiger charge is -2.33. The molecule has 1 amide bonds. The van der Waals surface area contributed by atoms with Gasteiger partial charge in [0.2, 0.25) is 5.91 Å². The largest absolute Gasteiger partial charge is 0.366 e.